The minimum atomic E-state index is -0.282. The normalized spacial score (nSPS) is 9.83. The van der Waals surface area contributed by atoms with Gasteiger partial charge in [-0.25, -0.2) is 0 Å². The van der Waals surface area contributed by atoms with E-state index in [1.165, 1.54) is 0 Å². The van der Waals surface area contributed by atoms with E-state index in [1.54, 1.807) is 0 Å². The Morgan fingerprint density at radius 2 is 1.75 bits per heavy atom. The molecule has 0 atom stereocenters. The van der Waals surface area contributed by atoms with Crippen LogP contribution in [0.2, 0.25) is 0 Å². The Morgan fingerprint density at radius 3 is 2.42 bits per heavy atom. The standard InChI is InChI=1S/C19H20N2O3/c1-15-4-2-6-17(12-15)23-10-11-24-18-7-3-5-16(13-18)14-21-19(22)8-9-20/h2-7,12-13H,8,10-11,14H2,1H3,(H,21,22). The van der Waals surface area contributed by atoms with E-state index in [0.717, 1.165) is 22.6 Å². The number of nitriles is 1. The molecule has 0 spiro atoms. The van der Waals surface area contributed by atoms with E-state index in [1.807, 2.05) is 61.5 Å². The highest BCUT2D eigenvalue weighted by atomic mass is 16.5. The van der Waals surface area contributed by atoms with Crippen molar-refractivity contribution in [3.63, 3.8) is 0 Å². The predicted molar refractivity (Wildman–Crippen MR) is 90.7 cm³/mol. The Labute approximate surface area is 141 Å². The maximum absolute atomic E-state index is 11.3. The van der Waals surface area contributed by atoms with Gasteiger partial charge < -0.3 is 14.8 Å². The molecule has 0 aliphatic carbocycles. The van der Waals surface area contributed by atoms with Crippen LogP contribution in [-0.2, 0) is 11.3 Å². The van der Waals surface area contributed by atoms with Crippen LogP contribution in [0.3, 0.4) is 0 Å². The number of carbonyl (C=O) groups excluding carboxylic acids is 1. The van der Waals surface area contributed by atoms with Crippen molar-refractivity contribution in [3.05, 3.63) is 59.7 Å². The van der Waals surface area contributed by atoms with E-state index >= 15 is 0 Å². The third-order valence-corrected chi connectivity index (χ3v) is 3.24. The summed E-state index contributed by atoms with van der Waals surface area (Å²) in [4.78, 5) is 11.3. The van der Waals surface area contributed by atoms with Gasteiger partial charge in [0.2, 0.25) is 5.91 Å². The van der Waals surface area contributed by atoms with Gasteiger partial charge in [-0.2, -0.15) is 5.26 Å². The lowest BCUT2D eigenvalue weighted by atomic mass is 10.2. The van der Waals surface area contributed by atoms with E-state index in [9.17, 15) is 4.79 Å². The van der Waals surface area contributed by atoms with Gasteiger partial charge in [0.1, 0.15) is 31.1 Å². The molecule has 2 rings (SSSR count). The van der Waals surface area contributed by atoms with Crippen LogP contribution >= 0.6 is 0 Å². The van der Waals surface area contributed by atoms with Gasteiger partial charge in [-0.3, -0.25) is 4.79 Å². The monoisotopic (exact) mass is 324 g/mol. The first-order chi connectivity index (χ1) is 11.7. The van der Waals surface area contributed by atoms with Crippen molar-refractivity contribution in [1.82, 2.24) is 5.32 Å². The topological polar surface area (TPSA) is 71.3 Å². The highest BCUT2D eigenvalue weighted by Crippen LogP contribution is 2.14. The summed E-state index contributed by atoms with van der Waals surface area (Å²) in [5, 5.41) is 11.1. The summed E-state index contributed by atoms with van der Waals surface area (Å²) >= 11 is 0. The number of amides is 1. The molecule has 5 nitrogen and oxygen atoms in total. The highest BCUT2D eigenvalue weighted by Gasteiger charge is 2.02. The second kappa shape index (κ2) is 9.21. The SMILES string of the molecule is Cc1cccc(OCCOc2cccc(CNC(=O)CC#N)c2)c1. The van der Waals surface area contributed by atoms with Crippen molar-refractivity contribution in [3.8, 4) is 17.6 Å². The van der Waals surface area contributed by atoms with Gasteiger partial charge in [0, 0.05) is 6.54 Å². The van der Waals surface area contributed by atoms with Crippen LogP contribution in [0.1, 0.15) is 17.5 Å². The van der Waals surface area contributed by atoms with Crippen molar-refractivity contribution >= 4 is 5.91 Å². The van der Waals surface area contributed by atoms with Crippen LogP contribution in [-0.4, -0.2) is 19.1 Å². The molecule has 0 aliphatic rings. The molecule has 24 heavy (non-hydrogen) atoms. The first kappa shape index (κ1) is 17.4. The smallest absolute Gasteiger partial charge is 0.234 e. The Morgan fingerprint density at radius 1 is 1.08 bits per heavy atom. The van der Waals surface area contributed by atoms with Crippen LogP contribution in [0, 0.1) is 18.3 Å². The summed E-state index contributed by atoms with van der Waals surface area (Å²) in [6.45, 7) is 3.27. The minimum Gasteiger partial charge on any atom is -0.490 e. The van der Waals surface area contributed by atoms with Crippen LogP contribution in [0.5, 0.6) is 11.5 Å². The second-order valence-electron chi connectivity index (χ2n) is 5.27. The Kier molecular flexibility index (Phi) is 6.66. The molecule has 1 amide bonds. The third-order valence-electron chi connectivity index (χ3n) is 3.24. The zero-order valence-corrected chi connectivity index (χ0v) is 13.6. The van der Waals surface area contributed by atoms with Crippen LogP contribution in [0.15, 0.2) is 48.5 Å². The van der Waals surface area contributed by atoms with E-state index in [0.29, 0.717) is 19.8 Å². The highest BCUT2D eigenvalue weighted by molar-refractivity contribution is 5.77. The fraction of sp³-hybridized carbons (Fsp3) is 0.263. The molecule has 0 aliphatic heterocycles. The van der Waals surface area contributed by atoms with Crippen LogP contribution in [0.4, 0.5) is 0 Å². The van der Waals surface area contributed by atoms with Gasteiger partial charge in [0.05, 0.1) is 6.07 Å². The molecule has 0 saturated heterocycles. The molecule has 2 aromatic carbocycles. The maximum Gasteiger partial charge on any atom is 0.234 e. The molecule has 0 saturated carbocycles. The summed E-state index contributed by atoms with van der Waals surface area (Å²) in [5.41, 5.74) is 2.07. The van der Waals surface area contributed by atoms with Gasteiger partial charge in [-0.15, -0.1) is 0 Å². The van der Waals surface area contributed by atoms with Gasteiger partial charge in [0.15, 0.2) is 0 Å². The van der Waals surface area contributed by atoms with Crippen molar-refractivity contribution in [2.45, 2.75) is 19.9 Å². The largest absolute Gasteiger partial charge is 0.490 e. The maximum atomic E-state index is 11.3. The van der Waals surface area contributed by atoms with Crippen molar-refractivity contribution in [2.75, 3.05) is 13.2 Å². The number of carbonyl (C=O) groups is 1. The van der Waals surface area contributed by atoms with Crippen LogP contribution in [0.25, 0.3) is 0 Å². The van der Waals surface area contributed by atoms with Crippen molar-refractivity contribution < 1.29 is 14.3 Å². The Balaban J connectivity index is 1.75. The lowest BCUT2D eigenvalue weighted by Crippen LogP contribution is -2.21. The molecule has 0 aromatic heterocycles. The number of benzene rings is 2. The number of rotatable bonds is 8. The quantitative estimate of drug-likeness (QED) is 0.758. The molecule has 1 N–H and O–H groups in total. The van der Waals surface area contributed by atoms with Gasteiger partial charge >= 0.3 is 0 Å². The average Bonchev–Trinajstić information content (AvgIpc) is 2.58. The molecule has 0 unspecified atom stereocenters. The number of nitrogens with one attached hydrogen (secondary N) is 1. The number of aryl methyl sites for hydroxylation is 1. The van der Waals surface area contributed by atoms with Crippen molar-refractivity contribution in [1.29, 1.82) is 5.26 Å². The first-order valence-corrected chi connectivity index (χ1v) is 7.72. The summed E-state index contributed by atoms with van der Waals surface area (Å²) in [7, 11) is 0. The molecule has 0 bridgehead atoms. The fourth-order valence-electron chi connectivity index (χ4n) is 2.10. The molecule has 0 fully saturated rings. The summed E-state index contributed by atoms with van der Waals surface area (Å²) in [6, 6.07) is 17.1. The van der Waals surface area contributed by atoms with Crippen molar-refractivity contribution in [2.24, 2.45) is 0 Å². The van der Waals surface area contributed by atoms with E-state index in [2.05, 4.69) is 5.32 Å². The molecule has 0 radical (unpaired) electrons. The number of hydrogen-bond donors (Lipinski definition) is 1. The average molecular weight is 324 g/mol. The number of nitrogens with zero attached hydrogens (tertiary/aromatic N) is 1. The van der Waals surface area contributed by atoms with Gasteiger partial charge in [-0.1, -0.05) is 24.3 Å². The zero-order valence-electron chi connectivity index (χ0n) is 13.6. The minimum absolute atomic E-state index is 0.132. The first-order valence-electron chi connectivity index (χ1n) is 7.72. The van der Waals surface area contributed by atoms with E-state index < -0.39 is 0 Å². The molecule has 2 aromatic rings. The third kappa shape index (κ3) is 6.01. The molecule has 5 heteroatoms. The Hall–Kier alpha value is -3.00. The fourth-order valence-corrected chi connectivity index (χ4v) is 2.10. The van der Waals surface area contributed by atoms with Crippen LogP contribution < -0.4 is 14.8 Å². The van der Waals surface area contributed by atoms with Gasteiger partial charge in [-0.05, 0) is 42.3 Å². The molecular weight excluding hydrogens is 304 g/mol. The number of ether oxygens (including phenoxy) is 2. The second-order valence-corrected chi connectivity index (χ2v) is 5.27. The zero-order chi connectivity index (χ0) is 17.2. The molecule has 124 valence electrons. The number of hydrogen-bond acceptors (Lipinski definition) is 4. The van der Waals surface area contributed by atoms with Gasteiger partial charge in [0.25, 0.3) is 0 Å². The summed E-state index contributed by atoms with van der Waals surface area (Å²) in [6.07, 6.45) is -0.132. The Bertz CT molecular complexity index is 723. The van der Waals surface area contributed by atoms with E-state index in [-0.39, 0.29) is 12.3 Å². The summed E-state index contributed by atoms with van der Waals surface area (Å²) < 4.78 is 11.3. The molecule has 0 heterocycles. The summed E-state index contributed by atoms with van der Waals surface area (Å²) in [5.74, 6) is 1.26. The lowest BCUT2D eigenvalue weighted by molar-refractivity contribution is -0.120. The van der Waals surface area contributed by atoms with E-state index in [4.69, 9.17) is 14.7 Å². The lowest BCUT2D eigenvalue weighted by Gasteiger charge is -2.10. The predicted octanol–water partition coefficient (Wildman–Crippen LogP) is 2.98. The molecular formula is C19H20N2O3.